The molecule has 0 saturated carbocycles. The summed E-state index contributed by atoms with van der Waals surface area (Å²) in [6.45, 7) is 16.8. The molecule has 0 aliphatic heterocycles. The Kier molecular flexibility index (Phi) is 9.00. The average molecular weight is 240 g/mol. The minimum Gasteiger partial charge on any atom is -0.0651 e. The van der Waals surface area contributed by atoms with Crippen molar-refractivity contribution in [3.63, 3.8) is 0 Å². The molecule has 0 amide bonds. The van der Waals surface area contributed by atoms with Crippen molar-refractivity contribution < 1.29 is 0 Å². The first-order chi connectivity index (χ1) is 7.92. The van der Waals surface area contributed by atoms with Crippen LogP contribution in [0, 0.1) is 29.6 Å². The van der Waals surface area contributed by atoms with Crippen LogP contribution in [-0.4, -0.2) is 0 Å². The highest BCUT2D eigenvalue weighted by Crippen LogP contribution is 2.29. The molecule has 0 saturated heterocycles. The van der Waals surface area contributed by atoms with Gasteiger partial charge in [0.1, 0.15) is 0 Å². The third-order valence-corrected chi connectivity index (χ3v) is 5.06. The zero-order chi connectivity index (χ0) is 13.4. The van der Waals surface area contributed by atoms with Crippen LogP contribution < -0.4 is 0 Å². The summed E-state index contributed by atoms with van der Waals surface area (Å²) >= 11 is 0. The number of hydrogen-bond donors (Lipinski definition) is 0. The van der Waals surface area contributed by atoms with Gasteiger partial charge in [-0.2, -0.15) is 0 Å². The van der Waals surface area contributed by atoms with Crippen molar-refractivity contribution in [2.24, 2.45) is 29.6 Å². The van der Waals surface area contributed by atoms with Gasteiger partial charge < -0.3 is 0 Å². The van der Waals surface area contributed by atoms with Crippen LogP contribution in [0.2, 0.25) is 0 Å². The van der Waals surface area contributed by atoms with Crippen LogP contribution in [0.5, 0.6) is 0 Å². The second-order valence-electron chi connectivity index (χ2n) is 6.65. The molecule has 0 aromatic carbocycles. The summed E-state index contributed by atoms with van der Waals surface area (Å²) in [6.07, 6.45) is 6.93. The van der Waals surface area contributed by atoms with Crippen molar-refractivity contribution in [2.45, 2.75) is 80.6 Å². The van der Waals surface area contributed by atoms with E-state index in [4.69, 9.17) is 0 Å². The van der Waals surface area contributed by atoms with Gasteiger partial charge in [0.15, 0.2) is 0 Å². The Morgan fingerprint density at radius 2 is 1.18 bits per heavy atom. The summed E-state index contributed by atoms with van der Waals surface area (Å²) in [5, 5.41) is 0. The van der Waals surface area contributed by atoms with Gasteiger partial charge in [-0.15, -0.1) is 0 Å². The van der Waals surface area contributed by atoms with Gasteiger partial charge in [-0.25, -0.2) is 0 Å². The summed E-state index contributed by atoms with van der Waals surface area (Å²) in [5.74, 6) is 4.47. The molecule has 0 N–H and O–H groups in total. The predicted molar refractivity (Wildman–Crippen MR) is 80.3 cm³/mol. The summed E-state index contributed by atoms with van der Waals surface area (Å²) in [5.41, 5.74) is 0. The molecule has 0 rings (SSSR count). The topological polar surface area (TPSA) is 0 Å². The van der Waals surface area contributed by atoms with E-state index < -0.39 is 0 Å². The van der Waals surface area contributed by atoms with E-state index >= 15 is 0 Å². The molecule has 0 heteroatoms. The minimum atomic E-state index is 0.881. The fourth-order valence-corrected chi connectivity index (χ4v) is 2.67. The van der Waals surface area contributed by atoms with Gasteiger partial charge in [-0.3, -0.25) is 0 Å². The van der Waals surface area contributed by atoms with Crippen molar-refractivity contribution in [3.8, 4) is 0 Å². The Morgan fingerprint density at radius 1 is 0.647 bits per heavy atom. The molecule has 17 heavy (non-hydrogen) atoms. The maximum absolute atomic E-state index is 2.45. The smallest absolute Gasteiger partial charge is 0.0391 e. The molecule has 0 nitrogen and oxygen atoms in total. The fourth-order valence-electron chi connectivity index (χ4n) is 2.67. The lowest BCUT2D eigenvalue weighted by atomic mass is 9.78. The molecule has 0 spiro atoms. The van der Waals surface area contributed by atoms with E-state index in [9.17, 15) is 0 Å². The van der Waals surface area contributed by atoms with E-state index in [1.54, 1.807) is 0 Å². The van der Waals surface area contributed by atoms with Gasteiger partial charge in [-0.05, 0) is 36.0 Å². The zero-order valence-electron chi connectivity index (χ0n) is 13.4. The van der Waals surface area contributed by atoms with Crippen molar-refractivity contribution in [1.29, 1.82) is 0 Å². The lowest BCUT2D eigenvalue weighted by molar-refractivity contribution is 0.228. The lowest BCUT2D eigenvalue weighted by Gasteiger charge is -2.28. The SMILES string of the molecule is CCC(C)CCC(C)CC(C)C(C)C(C)CC. The van der Waals surface area contributed by atoms with E-state index in [0.717, 1.165) is 29.6 Å². The lowest BCUT2D eigenvalue weighted by Crippen LogP contribution is -2.18. The number of rotatable bonds is 9. The van der Waals surface area contributed by atoms with E-state index in [2.05, 4.69) is 48.5 Å². The second-order valence-corrected chi connectivity index (χ2v) is 6.65. The maximum atomic E-state index is 2.45. The Bertz CT molecular complexity index is 173. The van der Waals surface area contributed by atoms with Crippen LogP contribution in [0.3, 0.4) is 0 Å². The van der Waals surface area contributed by atoms with Crippen molar-refractivity contribution in [2.75, 3.05) is 0 Å². The number of hydrogen-bond acceptors (Lipinski definition) is 0. The summed E-state index contributed by atoms with van der Waals surface area (Å²) in [7, 11) is 0. The van der Waals surface area contributed by atoms with E-state index in [1.807, 2.05) is 0 Å². The summed E-state index contributed by atoms with van der Waals surface area (Å²) < 4.78 is 0. The molecule has 104 valence electrons. The van der Waals surface area contributed by atoms with Crippen LogP contribution in [0.15, 0.2) is 0 Å². The van der Waals surface area contributed by atoms with E-state index in [-0.39, 0.29) is 0 Å². The van der Waals surface area contributed by atoms with Crippen molar-refractivity contribution in [1.82, 2.24) is 0 Å². The fraction of sp³-hybridized carbons (Fsp3) is 1.00. The molecular formula is C17H36. The molecule has 0 aromatic rings. The standard InChI is InChI=1S/C17H36/c1-8-13(3)10-11-14(4)12-16(6)17(7)15(5)9-2/h13-17H,8-12H2,1-7H3. The largest absolute Gasteiger partial charge is 0.0651 e. The first-order valence-corrected chi connectivity index (χ1v) is 7.92. The molecule has 0 aromatic heterocycles. The normalized spacial score (nSPS) is 20.6. The Labute approximate surface area is 111 Å². The maximum Gasteiger partial charge on any atom is -0.0391 e. The van der Waals surface area contributed by atoms with Gasteiger partial charge in [0, 0.05) is 0 Å². The van der Waals surface area contributed by atoms with Crippen LogP contribution in [0.25, 0.3) is 0 Å². The third-order valence-electron chi connectivity index (χ3n) is 5.06. The Hall–Kier alpha value is 0. The van der Waals surface area contributed by atoms with Gasteiger partial charge in [0.25, 0.3) is 0 Å². The van der Waals surface area contributed by atoms with Crippen LogP contribution in [0.4, 0.5) is 0 Å². The van der Waals surface area contributed by atoms with Crippen LogP contribution in [-0.2, 0) is 0 Å². The predicted octanol–water partition coefficient (Wildman–Crippen LogP) is 6.16. The van der Waals surface area contributed by atoms with Crippen LogP contribution in [0.1, 0.15) is 80.6 Å². The average Bonchev–Trinajstić information content (AvgIpc) is 2.33. The first kappa shape index (κ1) is 17.0. The molecule has 0 aliphatic carbocycles. The first-order valence-electron chi connectivity index (χ1n) is 7.92. The van der Waals surface area contributed by atoms with Gasteiger partial charge in [-0.1, -0.05) is 74.1 Å². The van der Waals surface area contributed by atoms with Gasteiger partial charge >= 0.3 is 0 Å². The molecule has 5 unspecified atom stereocenters. The molecule has 5 atom stereocenters. The van der Waals surface area contributed by atoms with Gasteiger partial charge in [0.2, 0.25) is 0 Å². The molecule has 0 bridgehead atoms. The monoisotopic (exact) mass is 240 g/mol. The zero-order valence-corrected chi connectivity index (χ0v) is 13.4. The van der Waals surface area contributed by atoms with Gasteiger partial charge in [0.05, 0.1) is 0 Å². The third kappa shape index (κ3) is 7.11. The Morgan fingerprint density at radius 3 is 1.65 bits per heavy atom. The van der Waals surface area contributed by atoms with Crippen molar-refractivity contribution in [3.05, 3.63) is 0 Å². The molecular weight excluding hydrogens is 204 g/mol. The minimum absolute atomic E-state index is 0.881. The summed E-state index contributed by atoms with van der Waals surface area (Å²) in [4.78, 5) is 0. The van der Waals surface area contributed by atoms with E-state index in [1.165, 1.54) is 32.1 Å². The molecule has 0 heterocycles. The quantitative estimate of drug-likeness (QED) is 0.453. The highest BCUT2D eigenvalue weighted by molar-refractivity contribution is 4.70. The highest BCUT2D eigenvalue weighted by atomic mass is 14.3. The van der Waals surface area contributed by atoms with Crippen molar-refractivity contribution >= 4 is 0 Å². The Balaban J connectivity index is 3.90. The summed E-state index contributed by atoms with van der Waals surface area (Å²) in [6, 6.07) is 0. The van der Waals surface area contributed by atoms with Crippen LogP contribution >= 0.6 is 0 Å². The van der Waals surface area contributed by atoms with E-state index in [0.29, 0.717) is 0 Å². The molecule has 0 aliphatic rings. The highest BCUT2D eigenvalue weighted by Gasteiger charge is 2.19. The molecule has 0 fully saturated rings. The second kappa shape index (κ2) is 9.00. The molecule has 0 radical (unpaired) electrons.